The zero-order valence-corrected chi connectivity index (χ0v) is 17.8. The highest BCUT2D eigenvalue weighted by atomic mass is 127. The molecule has 0 spiro atoms. The highest BCUT2D eigenvalue weighted by molar-refractivity contribution is 14.1. The monoisotopic (exact) mass is 497 g/mol. The second kappa shape index (κ2) is 8.32. The molecule has 0 atom stereocenters. The summed E-state index contributed by atoms with van der Waals surface area (Å²) in [6, 6.07) is 25.9. The van der Waals surface area contributed by atoms with Crippen LogP contribution in [0.1, 0.15) is 11.1 Å². The summed E-state index contributed by atoms with van der Waals surface area (Å²) in [5.74, 6) is -0.235. The van der Waals surface area contributed by atoms with Crippen LogP contribution in [0.15, 0.2) is 83.8 Å². The lowest BCUT2D eigenvalue weighted by Crippen LogP contribution is -2.27. The average Bonchev–Trinajstić information content (AvgIpc) is 2.98. The Hall–Kier alpha value is -2.38. The molecule has 5 heteroatoms. The third-order valence-electron chi connectivity index (χ3n) is 4.44. The van der Waals surface area contributed by atoms with E-state index >= 15 is 0 Å². The van der Waals surface area contributed by atoms with Crippen molar-refractivity contribution >= 4 is 51.6 Å². The summed E-state index contributed by atoms with van der Waals surface area (Å²) in [4.78, 5) is 26.8. The molecule has 3 aromatic rings. The van der Waals surface area contributed by atoms with E-state index in [1.165, 1.54) is 4.90 Å². The maximum Gasteiger partial charge on any atom is 0.293 e. The van der Waals surface area contributed by atoms with Gasteiger partial charge in [0.2, 0.25) is 0 Å². The molecule has 2 amide bonds. The molecule has 3 nitrogen and oxygen atoms in total. The van der Waals surface area contributed by atoms with Gasteiger partial charge in [-0.05, 0) is 74.8 Å². The van der Waals surface area contributed by atoms with E-state index in [4.69, 9.17) is 0 Å². The number of amides is 2. The summed E-state index contributed by atoms with van der Waals surface area (Å²) in [5, 5.41) is -0.226. The van der Waals surface area contributed by atoms with Crippen LogP contribution in [0.5, 0.6) is 0 Å². The number of benzene rings is 3. The van der Waals surface area contributed by atoms with Crippen molar-refractivity contribution in [1.29, 1.82) is 0 Å². The van der Waals surface area contributed by atoms with E-state index in [-0.39, 0.29) is 11.1 Å². The van der Waals surface area contributed by atoms with E-state index in [1.54, 1.807) is 6.08 Å². The molecule has 3 aromatic carbocycles. The van der Waals surface area contributed by atoms with E-state index in [0.717, 1.165) is 37.6 Å². The zero-order chi connectivity index (χ0) is 19.5. The van der Waals surface area contributed by atoms with Gasteiger partial charge in [-0.2, -0.15) is 0 Å². The predicted octanol–water partition coefficient (Wildman–Crippen LogP) is 6.19. The molecule has 0 aliphatic carbocycles. The van der Waals surface area contributed by atoms with Gasteiger partial charge in [-0.15, -0.1) is 0 Å². The molecule has 0 N–H and O–H groups in total. The number of carbonyl (C=O) groups excluding carboxylic acids is 2. The lowest BCUT2D eigenvalue weighted by molar-refractivity contribution is -0.123. The topological polar surface area (TPSA) is 37.4 Å². The smallest absolute Gasteiger partial charge is 0.268 e. The Balaban J connectivity index is 1.51. The van der Waals surface area contributed by atoms with Crippen LogP contribution in [0.25, 0.3) is 17.2 Å². The number of imide groups is 1. The molecule has 0 bridgehead atoms. The number of hydrogen-bond acceptors (Lipinski definition) is 3. The van der Waals surface area contributed by atoms with Crippen molar-refractivity contribution in [1.82, 2.24) is 4.90 Å². The largest absolute Gasteiger partial charge is 0.293 e. The van der Waals surface area contributed by atoms with Gasteiger partial charge in [-0.25, -0.2) is 0 Å². The van der Waals surface area contributed by atoms with E-state index in [0.29, 0.717) is 11.4 Å². The summed E-state index contributed by atoms with van der Waals surface area (Å²) >= 11 is 3.23. The first-order valence-corrected chi connectivity index (χ1v) is 10.6. The van der Waals surface area contributed by atoms with Gasteiger partial charge >= 0.3 is 0 Å². The summed E-state index contributed by atoms with van der Waals surface area (Å²) in [6.07, 6.45) is 1.79. The molecule has 0 saturated carbocycles. The molecule has 0 unspecified atom stereocenters. The quantitative estimate of drug-likeness (QED) is 0.319. The van der Waals surface area contributed by atoms with Crippen LogP contribution in [0, 0.1) is 3.57 Å². The Morgan fingerprint density at radius 1 is 0.821 bits per heavy atom. The van der Waals surface area contributed by atoms with Gasteiger partial charge in [-0.3, -0.25) is 14.5 Å². The number of rotatable bonds is 4. The van der Waals surface area contributed by atoms with Crippen LogP contribution in [0.4, 0.5) is 4.79 Å². The number of carbonyl (C=O) groups is 2. The molecule has 4 rings (SSSR count). The molecular formula is C23H16INO2S. The van der Waals surface area contributed by atoms with Crippen molar-refractivity contribution < 1.29 is 9.59 Å². The Kier molecular flexibility index (Phi) is 5.64. The Bertz CT molecular complexity index is 1040. The standard InChI is InChI=1S/C23H16INO2S/c24-20-12-8-17(9-13-20)15-25-22(26)21(28-23(25)27)14-16-6-10-19(11-7-16)18-4-2-1-3-5-18/h1-14H,15H2/b21-14-. The average molecular weight is 497 g/mol. The normalized spacial score (nSPS) is 15.5. The SMILES string of the molecule is O=C1S/C(=C\c2ccc(-c3ccccc3)cc2)C(=O)N1Cc1ccc(I)cc1. The van der Waals surface area contributed by atoms with E-state index in [1.807, 2.05) is 66.7 Å². The Labute approximate surface area is 181 Å². The molecule has 1 heterocycles. The lowest BCUT2D eigenvalue weighted by Gasteiger charge is -2.12. The maximum atomic E-state index is 12.7. The van der Waals surface area contributed by atoms with Gasteiger partial charge in [0.1, 0.15) is 0 Å². The highest BCUT2D eigenvalue weighted by Gasteiger charge is 2.34. The van der Waals surface area contributed by atoms with Crippen LogP contribution in [-0.4, -0.2) is 16.0 Å². The first kappa shape index (κ1) is 19.0. The van der Waals surface area contributed by atoms with Crippen molar-refractivity contribution in [3.8, 4) is 11.1 Å². The first-order chi connectivity index (χ1) is 13.6. The van der Waals surface area contributed by atoms with Crippen LogP contribution in [0.3, 0.4) is 0 Å². The predicted molar refractivity (Wildman–Crippen MR) is 123 cm³/mol. The summed E-state index contributed by atoms with van der Waals surface area (Å²) in [7, 11) is 0. The molecule has 138 valence electrons. The van der Waals surface area contributed by atoms with Crippen LogP contribution in [-0.2, 0) is 11.3 Å². The second-order valence-electron chi connectivity index (χ2n) is 6.38. The Morgan fingerprint density at radius 3 is 2.14 bits per heavy atom. The highest BCUT2D eigenvalue weighted by Crippen LogP contribution is 2.33. The van der Waals surface area contributed by atoms with E-state index in [2.05, 4.69) is 34.7 Å². The van der Waals surface area contributed by atoms with Crippen molar-refractivity contribution in [2.24, 2.45) is 0 Å². The van der Waals surface area contributed by atoms with Crippen LogP contribution < -0.4 is 0 Å². The van der Waals surface area contributed by atoms with Gasteiger partial charge in [0.15, 0.2) is 0 Å². The minimum absolute atomic E-state index is 0.226. The molecule has 0 radical (unpaired) electrons. The summed E-state index contributed by atoms with van der Waals surface area (Å²) in [5.41, 5.74) is 4.10. The first-order valence-electron chi connectivity index (χ1n) is 8.75. The van der Waals surface area contributed by atoms with Crippen molar-refractivity contribution in [2.45, 2.75) is 6.54 Å². The number of halogens is 1. The maximum absolute atomic E-state index is 12.7. The van der Waals surface area contributed by atoms with Gasteiger partial charge in [0.25, 0.3) is 11.1 Å². The lowest BCUT2D eigenvalue weighted by atomic mass is 10.0. The van der Waals surface area contributed by atoms with E-state index < -0.39 is 0 Å². The molecule has 28 heavy (non-hydrogen) atoms. The fourth-order valence-electron chi connectivity index (χ4n) is 2.96. The second-order valence-corrected chi connectivity index (χ2v) is 8.62. The minimum atomic E-state index is -0.235. The van der Waals surface area contributed by atoms with Gasteiger partial charge in [-0.1, -0.05) is 66.7 Å². The molecule has 1 aliphatic rings. The number of nitrogens with zero attached hydrogens (tertiary/aromatic N) is 1. The van der Waals surface area contributed by atoms with Gasteiger partial charge < -0.3 is 0 Å². The fourth-order valence-corrected chi connectivity index (χ4v) is 4.16. The van der Waals surface area contributed by atoms with Crippen molar-refractivity contribution in [2.75, 3.05) is 0 Å². The number of thioether (sulfide) groups is 1. The van der Waals surface area contributed by atoms with Crippen LogP contribution in [0.2, 0.25) is 0 Å². The minimum Gasteiger partial charge on any atom is -0.268 e. The molecule has 1 saturated heterocycles. The van der Waals surface area contributed by atoms with Crippen LogP contribution >= 0.6 is 34.4 Å². The fraction of sp³-hybridized carbons (Fsp3) is 0.0435. The summed E-state index contributed by atoms with van der Waals surface area (Å²) < 4.78 is 1.12. The zero-order valence-electron chi connectivity index (χ0n) is 14.8. The van der Waals surface area contributed by atoms with Crippen molar-refractivity contribution in [3.63, 3.8) is 0 Å². The van der Waals surface area contributed by atoms with Crippen molar-refractivity contribution in [3.05, 3.63) is 98.5 Å². The van der Waals surface area contributed by atoms with E-state index in [9.17, 15) is 9.59 Å². The van der Waals surface area contributed by atoms with Gasteiger partial charge in [0, 0.05) is 3.57 Å². The molecule has 1 aliphatic heterocycles. The summed E-state index contributed by atoms with van der Waals surface area (Å²) in [6.45, 7) is 0.297. The third kappa shape index (κ3) is 4.20. The van der Waals surface area contributed by atoms with Gasteiger partial charge in [0.05, 0.1) is 11.4 Å². The third-order valence-corrected chi connectivity index (χ3v) is 6.07. The Morgan fingerprint density at radius 2 is 1.46 bits per heavy atom. The molecular weight excluding hydrogens is 481 g/mol. The molecule has 0 aromatic heterocycles. The molecule has 1 fully saturated rings. The number of hydrogen-bond donors (Lipinski definition) is 0.